The first-order valence-corrected chi connectivity index (χ1v) is 16.7. The quantitative estimate of drug-likeness (QED) is 0.516. The van der Waals surface area contributed by atoms with Gasteiger partial charge in [0.15, 0.2) is 0 Å². The number of likely N-dealkylation sites (tertiary alicyclic amines) is 3. The van der Waals surface area contributed by atoms with E-state index in [1.54, 1.807) is 7.11 Å². The third kappa shape index (κ3) is 5.57. The molecule has 3 saturated carbocycles. The number of piperidine rings is 2. The summed E-state index contributed by atoms with van der Waals surface area (Å²) in [4.78, 5) is 33.8. The van der Waals surface area contributed by atoms with Crippen LogP contribution in [0.4, 0.5) is 13.6 Å². The van der Waals surface area contributed by atoms with Crippen LogP contribution in [0, 0.1) is 23.2 Å². The van der Waals surface area contributed by atoms with E-state index in [1.165, 1.54) is 0 Å². The third-order valence-corrected chi connectivity index (χ3v) is 12.5. The third-order valence-electron chi connectivity index (χ3n) is 12.5. The number of fused-ring (bicyclic) bond motifs is 4. The lowest BCUT2D eigenvalue weighted by Gasteiger charge is -2.58. The minimum absolute atomic E-state index is 0.0393. The highest BCUT2D eigenvalue weighted by Crippen LogP contribution is 2.58. The predicted octanol–water partition coefficient (Wildman–Crippen LogP) is 3.90. The zero-order valence-corrected chi connectivity index (χ0v) is 25.6. The van der Waals surface area contributed by atoms with Crippen LogP contribution >= 0.6 is 0 Å². The molecule has 0 aromatic carbocycles. The predicted molar refractivity (Wildman–Crippen MR) is 155 cm³/mol. The Morgan fingerprint density at radius 1 is 0.952 bits per heavy atom. The molecule has 0 aromatic heterocycles. The average Bonchev–Trinajstić information content (AvgIpc) is 3.31. The molecule has 2 N–H and O–H groups in total. The van der Waals surface area contributed by atoms with Crippen LogP contribution in [0.5, 0.6) is 0 Å². The number of aliphatic hydroxyl groups excluding tert-OH is 1. The summed E-state index contributed by atoms with van der Waals surface area (Å²) in [7, 11) is 3.97. The van der Waals surface area contributed by atoms with E-state index in [-0.39, 0.29) is 54.1 Å². The van der Waals surface area contributed by atoms with Crippen molar-refractivity contribution in [2.24, 2.45) is 23.2 Å². The fraction of sp³-hybridized carbons (Fsp3) is 0.938. The van der Waals surface area contributed by atoms with Crippen molar-refractivity contribution in [1.82, 2.24) is 20.0 Å². The lowest BCUT2D eigenvalue weighted by molar-refractivity contribution is -0.156. The molecular weight excluding hydrogens is 542 g/mol. The van der Waals surface area contributed by atoms with Crippen molar-refractivity contribution in [2.75, 3.05) is 40.4 Å². The smallest absolute Gasteiger partial charge is 0.317 e. The van der Waals surface area contributed by atoms with Crippen molar-refractivity contribution in [1.29, 1.82) is 0 Å². The van der Waals surface area contributed by atoms with E-state index in [1.807, 2.05) is 9.80 Å². The summed E-state index contributed by atoms with van der Waals surface area (Å²) in [5.41, 5.74) is -0.139. The summed E-state index contributed by atoms with van der Waals surface area (Å²) < 4.78 is 33.4. The van der Waals surface area contributed by atoms with Gasteiger partial charge in [-0.25, -0.2) is 13.6 Å². The van der Waals surface area contributed by atoms with Gasteiger partial charge in [0.25, 0.3) is 0 Å². The number of nitrogens with zero attached hydrogens (tertiary/aromatic N) is 3. The van der Waals surface area contributed by atoms with Crippen LogP contribution in [0.25, 0.3) is 0 Å². The Kier molecular flexibility index (Phi) is 9.05. The van der Waals surface area contributed by atoms with Crippen LogP contribution in [-0.2, 0) is 9.53 Å². The molecule has 3 amide bonds. The fourth-order valence-electron chi connectivity index (χ4n) is 10.1. The number of urea groups is 1. The maximum atomic E-state index is 14.1. The van der Waals surface area contributed by atoms with Crippen molar-refractivity contribution < 1.29 is 28.2 Å². The number of halogens is 2. The molecule has 6 rings (SSSR count). The van der Waals surface area contributed by atoms with Gasteiger partial charge >= 0.3 is 6.03 Å². The van der Waals surface area contributed by atoms with E-state index < -0.39 is 12.3 Å². The molecular formula is C32H52F2N4O4. The normalized spacial score (nSPS) is 42.2. The number of amides is 3. The highest BCUT2D eigenvalue weighted by Gasteiger charge is 2.64. The molecule has 42 heavy (non-hydrogen) atoms. The number of hydrogen-bond acceptors (Lipinski definition) is 5. The Morgan fingerprint density at radius 3 is 2.21 bits per heavy atom. The van der Waals surface area contributed by atoms with E-state index in [9.17, 15) is 23.5 Å². The first-order valence-electron chi connectivity index (χ1n) is 16.7. The highest BCUT2D eigenvalue weighted by molar-refractivity contribution is 5.80. The largest absolute Gasteiger partial charge is 0.394 e. The molecule has 0 radical (unpaired) electrons. The number of alkyl halides is 2. The SMILES string of the molecule is COC1CCC2C(C1)N(C)C1C2C2(CCN(C(=O)NC3CCC(F)CC3)CC2)CN(C(=O)C2CCC(F)CC2)[C@@H]1CO. The van der Waals surface area contributed by atoms with Crippen molar-refractivity contribution in [3.63, 3.8) is 0 Å². The second kappa shape index (κ2) is 12.5. The van der Waals surface area contributed by atoms with Crippen LogP contribution in [0.1, 0.15) is 83.5 Å². The monoisotopic (exact) mass is 594 g/mol. The molecule has 6 fully saturated rings. The Hall–Kier alpha value is -1.52. The first kappa shape index (κ1) is 30.5. The molecule has 6 aliphatic rings. The molecule has 1 spiro atoms. The average molecular weight is 595 g/mol. The lowest BCUT2D eigenvalue weighted by Crippen LogP contribution is -2.68. The number of methoxy groups -OCH3 is 1. The highest BCUT2D eigenvalue weighted by atomic mass is 19.1. The molecule has 8 nitrogen and oxygen atoms in total. The molecule has 3 aliphatic heterocycles. The van der Waals surface area contributed by atoms with Gasteiger partial charge in [0.1, 0.15) is 12.3 Å². The molecule has 3 heterocycles. The summed E-state index contributed by atoms with van der Waals surface area (Å²) in [6.45, 7) is 1.80. The number of nitrogens with one attached hydrogen (secondary N) is 1. The van der Waals surface area contributed by atoms with Gasteiger partial charge in [-0.2, -0.15) is 0 Å². The van der Waals surface area contributed by atoms with E-state index in [2.05, 4.69) is 17.3 Å². The minimum atomic E-state index is -0.819. The molecule has 3 aliphatic carbocycles. The Balaban J connectivity index is 1.24. The van der Waals surface area contributed by atoms with Gasteiger partial charge < -0.3 is 25.0 Å². The molecule has 3 saturated heterocycles. The molecule has 0 bridgehead atoms. The van der Waals surface area contributed by atoms with Gasteiger partial charge in [0.05, 0.1) is 18.8 Å². The molecule has 5 unspecified atom stereocenters. The Labute approximate surface area is 249 Å². The van der Waals surface area contributed by atoms with Crippen LogP contribution < -0.4 is 5.32 Å². The van der Waals surface area contributed by atoms with Gasteiger partial charge in [-0.05, 0) is 108 Å². The topological polar surface area (TPSA) is 85.4 Å². The van der Waals surface area contributed by atoms with E-state index in [4.69, 9.17) is 4.74 Å². The van der Waals surface area contributed by atoms with Crippen LogP contribution in [0.3, 0.4) is 0 Å². The maximum absolute atomic E-state index is 14.1. The van der Waals surface area contributed by atoms with Crippen LogP contribution in [-0.4, -0.2) is 115 Å². The Morgan fingerprint density at radius 2 is 1.60 bits per heavy atom. The first-order chi connectivity index (χ1) is 20.2. The van der Waals surface area contributed by atoms with Crippen molar-refractivity contribution in [2.45, 2.75) is 126 Å². The number of likely N-dealkylation sites (N-methyl/N-ethyl adjacent to an activating group) is 1. The number of carbonyl (C=O) groups is 2. The van der Waals surface area contributed by atoms with Crippen LogP contribution in [0.15, 0.2) is 0 Å². The minimum Gasteiger partial charge on any atom is -0.394 e. The summed E-state index contributed by atoms with van der Waals surface area (Å²) in [5, 5.41) is 14.0. The summed E-state index contributed by atoms with van der Waals surface area (Å²) in [5.74, 6) is 0.700. The fourth-order valence-corrected chi connectivity index (χ4v) is 10.1. The molecule has 0 aromatic rings. The second-order valence-electron chi connectivity index (χ2n) is 14.5. The zero-order chi connectivity index (χ0) is 29.6. The van der Waals surface area contributed by atoms with Gasteiger partial charge in [-0.15, -0.1) is 0 Å². The van der Waals surface area contributed by atoms with E-state index in [0.29, 0.717) is 88.9 Å². The zero-order valence-electron chi connectivity index (χ0n) is 25.6. The van der Waals surface area contributed by atoms with E-state index in [0.717, 1.165) is 32.1 Å². The maximum Gasteiger partial charge on any atom is 0.317 e. The lowest BCUT2D eigenvalue weighted by atomic mass is 9.57. The van der Waals surface area contributed by atoms with Gasteiger partial charge in [0.2, 0.25) is 5.91 Å². The van der Waals surface area contributed by atoms with E-state index >= 15 is 0 Å². The van der Waals surface area contributed by atoms with Crippen molar-refractivity contribution in [3.05, 3.63) is 0 Å². The summed E-state index contributed by atoms with van der Waals surface area (Å²) in [6, 6.07) is 0.101. The number of rotatable bonds is 4. The number of carbonyl (C=O) groups excluding carboxylic acids is 2. The molecule has 10 heteroatoms. The number of ether oxygens (including phenoxy) is 1. The number of hydrogen-bond donors (Lipinski definition) is 2. The second-order valence-corrected chi connectivity index (χ2v) is 14.5. The standard InChI is InChI=1S/C32H52F2N4O4/c1-36-26-17-24(42-2)11-12-25(26)28-29(36)27(18-39)38(30(40)20-3-5-21(33)6-4-20)19-32(28)13-15-37(16-14-32)31(41)35-23-9-7-22(34)8-10-23/h20-29,39H,3-19H2,1-2H3,(H,35,41)/t20?,21?,22?,23?,24?,25?,26?,27-,28?,29?/m1/s1. The van der Waals surface area contributed by atoms with Gasteiger partial charge in [0, 0.05) is 50.8 Å². The van der Waals surface area contributed by atoms with Crippen molar-refractivity contribution in [3.8, 4) is 0 Å². The molecule has 6 atom stereocenters. The number of aliphatic hydroxyl groups is 1. The summed E-state index contributed by atoms with van der Waals surface area (Å²) >= 11 is 0. The Bertz CT molecular complexity index is 964. The molecule has 238 valence electrons. The van der Waals surface area contributed by atoms with Crippen LogP contribution in [0.2, 0.25) is 0 Å². The summed E-state index contributed by atoms with van der Waals surface area (Å²) in [6.07, 6.45) is 7.79. The van der Waals surface area contributed by atoms with Gasteiger partial charge in [-0.1, -0.05) is 0 Å². The van der Waals surface area contributed by atoms with Crippen molar-refractivity contribution >= 4 is 11.9 Å². The van der Waals surface area contributed by atoms with Gasteiger partial charge in [-0.3, -0.25) is 9.69 Å².